The van der Waals surface area contributed by atoms with Crippen LogP contribution in [0.4, 0.5) is 0 Å². The second kappa shape index (κ2) is 4.91. The highest BCUT2D eigenvalue weighted by atomic mass is 35.5. The van der Waals surface area contributed by atoms with E-state index in [4.69, 9.17) is 10.8 Å². The van der Waals surface area contributed by atoms with Gasteiger partial charge in [-0.1, -0.05) is 0 Å². The lowest BCUT2D eigenvalue weighted by atomic mass is 10.3. The number of hydrogen-bond donors (Lipinski definition) is 2. The van der Waals surface area contributed by atoms with E-state index in [0.717, 1.165) is 11.0 Å². The molecule has 0 aliphatic heterocycles. The average molecular weight is 169 g/mol. The molecule has 0 spiro atoms. The molecule has 0 aromatic rings. The Kier molecular flexibility index (Phi) is 6.29. The molecule has 4 heteroatoms. The Morgan fingerprint density at radius 2 is 1.80 bits per heavy atom. The van der Waals surface area contributed by atoms with Crippen molar-refractivity contribution in [3.05, 3.63) is 0 Å². The maximum atomic E-state index is 9.05. The van der Waals surface area contributed by atoms with Crippen LogP contribution in [0, 0.1) is 0 Å². The first-order chi connectivity index (χ1) is 3.95. The zero-order valence-electron chi connectivity index (χ0n) is 6.84. The molecule has 0 rings (SSSR count). The number of likely N-dealkylation sites (N-methyl/N-ethyl adjacent to an activating group) is 1. The second-order valence-electron chi connectivity index (χ2n) is 3.36. The van der Waals surface area contributed by atoms with Gasteiger partial charge in [0.1, 0.15) is 12.6 Å². The molecule has 0 aromatic heterocycles. The van der Waals surface area contributed by atoms with E-state index in [1.807, 2.05) is 21.1 Å². The molecule has 0 radical (unpaired) electrons. The first-order valence-electron chi connectivity index (χ1n) is 3.14. The van der Waals surface area contributed by atoms with Crippen LogP contribution in [0.15, 0.2) is 0 Å². The Morgan fingerprint density at radius 1 is 1.40 bits per heavy atom. The van der Waals surface area contributed by atoms with E-state index in [-0.39, 0.29) is 18.5 Å². The number of quaternary nitrogens is 1. The minimum Gasteiger partial charge on any atom is -1.00 e. The molecule has 0 fully saturated rings. The summed E-state index contributed by atoms with van der Waals surface area (Å²) in [4.78, 5) is 0. The fourth-order valence-electron chi connectivity index (χ4n) is 0.707. The highest BCUT2D eigenvalue weighted by Gasteiger charge is 2.12. The third kappa shape index (κ3) is 8.17. The first kappa shape index (κ1) is 12.8. The lowest BCUT2D eigenvalue weighted by Crippen LogP contribution is -3.00. The average Bonchev–Trinajstić information content (AvgIpc) is 1.62. The lowest BCUT2D eigenvalue weighted by molar-refractivity contribution is -0.873. The van der Waals surface area contributed by atoms with Gasteiger partial charge < -0.3 is 27.7 Å². The fraction of sp³-hybridized carbons (Fsp3) is 1.00. The van der Waals surface area contributed by atoms with Crippen molar-refractivity contribution in [1.82, 2.24) is 0 Å². The summed E-state index contributed by atoms with van der Waals surface area (Å²) < 4.78 is 0.762. The van der Waals surface area contributed by atoms with Crippen LogP contribution >= 0.6 is 0 Å². The van der Waals surface area contributed by atoms with Crippen molar-refractivity contribution in [3.63, 3.8) is 0 Å². The van der Waals surface area contributed by atoms with E-state index in [1.54, 1.807) is 0 Å². The summed E-state index contributed by atoms with van der Waals surface area (Å²) in [6, 6.07) is 0. The number of rotatable bonds is 3. The van der Waals surface area contributed by atoms with Gasteiger partial charge in [-0.3, -0.25) is 0 Å². The molecule has 0 saturated carbocycles. The molecule has 0 aliphatic rings. The molecule has 3 nitrogen and oxygen atoms in total. The zero-order chi connectivity index (χ0) is 7.49. The normalized spacial score (nSPS) is 14.1. The Bertz CT molecular complexity index is 82.3. The molecule has 0 aliphatic carbocycles. The highest BCUT2D eigenvalue weighted by molar-refractivity contribution is 4.51. The Balaban J connectivity index is 0. The summed E-state index contributed by atoms with van der Waals surface area (Å²) in [5.41, 5.74) is 5.22. The standard InChI is InChI=1S/C6H17N2O.ClH/c1-8(2,3)5-6(9)4-7;/h6,9H,4-5,7H2,1-3H3;1H/q+1;/p-1. The fourth-order valence-corrected chi connectivity index (χ4v) is 0.707. The molecule has 1 unspecified atom stereocenters. The number of aliphatic hydroxyl groups excluding tert-OH is 1. The molecule has 0 saturated heterocycles. The van der Waals surface area contributed by atoms with E-state index < -0.39 is 0 Å². The van der Waals surface area contributed by atoms with Gasteiger partial charge in [-0.25, -0.2) is 0 Å². The van der Waals surface area contributed by atoms with Crippen LogP contribution in [-0.2, 0) is 0 Å². The highest BCUT2D eigenvalue weighted by Crippen LogP contribution is 1.92. The monoisotopic (exact) mass is 168 g/mol. The predicted octanol–water partition coefficient (Wildman–Crippen LogP) is -3.98. The van der Waals surface area contributed by atoms with Crippen molar-refractivity contribution >= 4 is 0 Å². The van der Waals surface area contributed by atoms with E-state index in [0.29, 0.717) is 6.54 Å². The summed E-state index contributed by atoms with van der Waals surface area (Å²) in [6.07, 6.45) is -0.356. The molecule has 64 valence electrons. The molecule has 3 N–H and O–H groups in total. The molecular weight excluding hydrogens is 152 g/mol. The van der Waals surface area contributed by atoms with Gasteiger partial charge in [-0.15, -0.1) is 0 Å². The Morgan fingerprint density at radius 3 is 1.90 bits per heavy atom. The van der Waals surface area contributed by atoms with Crippen molar-refractivity contribution in [1.29, 1.82) is 0 Å². The van der Waals surface area contributed by atoms with Crippen molar-refractivity contribution in [2.45, 2.75) is 6.10 Å². The van der Waals surface area contributed by atoms with Crippen LogP contribution in [0.2, 0.25) is 0 Å². The third-order valence-electron chi connectivity index (χ3n) is 1.03. The van der Waals surface area contributed by atoms with E-state index in [9.17, 15) is 0 Å². The van der Waals surface area contributed by atoms with Crippen LogP contribution in [-0.4, -0.2) is 49.9 Å². The predicted molar refractivity (Wildman–Crippen MR) is 38.0 cm³/mol. The summed E-state index contributed by atoms with van der Waals surface area (Å²) in [6.45, 7) is 1.08. The minimum atomic E-state index is -0.356. The second-order valence-corrected chi connectivity index (χ2v) is 3.36. The SMILES string of the molecule is C[N+](C)(C)CC(O)CN.[Cl-]. The van der Waals surface area contributed by atoms with Gasteiger partial charge in [0.05, 0.1) is 21.1 Å². The van der Waals surface area contributed by atoms with Crippen molar-refractivity contribution in [2.75, 3.05) is 34.2 Å². The van der Waals surface area contributed by atoms with E-state index in [1.165, 1.54) is 0 Å². The van der Waals surface area contributed by atoms with E-state index >= 15 is 0 Å². The first-order valence-corrected chi connectivity index (χ1v) is 3.14. The Labute approximate surface area is 68.8 Å². The third-order valence-corrected chi connectivity index (χ3v) is 1.03. The maximum Gasteiger partial charge on any atom is 0.115 e. The van der Waals surface area contributed by atoms with Gasteiger partial charge >= 0.3 is 0 Å². The topological polar surface area (TPSA) is 46.2 Å². The summed E-state index contributed by atoms with van der Waals surface area (Å²) in [5.74, 6) is 0. The van der Waals surface area contributed by atoms with Gasteiger partial charge in [0.15, 0.2) is 0 Å². The number of nitrogens with zero attached hydrogens (tertiary/aromatic N) is 1. The smallest absolute Gasteiger partial charge is 0.115 e. The molecule has 0 aromatic carbocycles. The van der Waals surface area contributed by atoms with E-state index in [2.05, 4.69) is 0 Å². The van der Waals surface area contributed by atoms with Crippen molar-refractivity contribution < 1.29 is 22.0 Å². The van der Waals surface area contributed by atoms with Crippen LogP contribution in [0.25, 0.3) is 0 Å². The van der Waals surface area contributed by atoms with Crippen LogP contribution in [0.5, 0.6) is 0 Å². The summed E-state index contributed by atoms with van der Waals surface area (Å²) in [5, 5.41) is 9.05. The van der Waals surface area contributed by atoms with Gasteiger partial charge in [0.2, 0.25) is 0 Å². The number of aliphatic hydroxyl groups is 1. The van der Waals surface area contributed by atoms with Crippen LogP contribution < -0.4 is 18.1 Å². The summed E-state index contributed by atoms with van der Waals surface area (Å²) >= 11 is 0. The zero-order valence-corrected chi connectivity index (χ0v) is 7.60. The quantitative estimate of drug-likeness (QED) is 0.423. The lowest BCUT2D eigenvalue weighted by Gasteiger charge is -2.25. The van der Waals surface area contributed by atoms with Gasteiger partial charge in [-0.2, -0.15) is 0 Å². The van der Waals surface area contributed by atoms with Gasteiger partial charge in [0, 0.05) is 6.54 Å². The van der Waals surface area contributed by atoms with Crippen molar-refractivity contribution in [2.24, 2.45) is 5.73 Å². The van der Waals surface area contributed by atoms with Gasteiger partial charge in [-0.05, 0) is 0 Å². The number of halogens is 1. The molecule has 10 heavy (non-hydrogen) atoms. The number of hydrogen-bond acceptors (Lipinski definition) is 2. The Hall–Kier alpha value is 0.170. The van der Waals surface area contributed by atoms with Crippen LogP contribution in [0.3, 0.4) is 0 Å². The van der Waals surface area contributed by atoms with Crippen LogP contribution in [0.1, 0.15) is 0 Å². The molecule has 0 bridgehead atoms. The largest absolute Gasteiger partial charge is 1.00 e. The number of nitrogens with two attached hydrogens (primary N) is 1. The summed E-state index contributed by atoms with van der Waals surface area (Å²) in [7, 11) is 6.08. The maximum absolute atomic E-state index is 9.05. The minimum absolute atomic E-state index is 0. The molecule has 1 atom stereocenters. The molecular formula is C6H17ClN2O. The molecule has 0 heterocycles. The molecule has 0 amide bonds. The van der Waals surface area contributed by atoms with Gasteiger partial charge in [0.25, 0.3) is 0 Å². The van der Waals surface area contributed by atoms with Crippen molar-refractivity contribution in [3.8, 4) is 0 Å².